The zero-order valence-electron chi connectivity index (χ0n) is 12.0. The molecule has 1 N–H and O–H groups in total. The molecule has 6 heteroatoms. The zero-order chi connectivity index (χ0) is 15.1. The van der Waals surface area contributed by atoms with Crippen LogP contribution in [0.15, 0.2) is 45.8 Å². The van der Waals surface area contributed by atoms with Crippen LogP contribution in [0.3, 0.4) is 0 Å². The summed E-state index contributed by atoms with van der Waals surface area (Å²) >= 11 is 0. The minimum absolute atomic E-state index is 0.363. The van der Waals surface area contributed by atoms with E-state index in [1.54, 1.807) is 6.07 Å². The first kappa shape index (κ1) is 12.8. The summed E-state index contributed by atoms with van der Waals surface area (Å²) in [6, 6.07) is 9.03. The molecule has 0 saturated heterocycles. The van der Waals surface area contributed by atoms with Crippen molar-refractivity contribution in [2.45, 2.75) is 13.5 Å². The van der Waals surface area contributed by atoms with Crippen LogP contribution in [-0.2, 0) is 6.54 Å². The van der Waals surface area contributed by atoms with E-state index in [-0.39, 0.29) is 5.63 Å². The molecule has 0 radical (unpaired) electrons. The lowest BCUT2D eigenvalue weighted by atomic mass is 10.1. The Balaban J connectivity index is 1.96. The number of nitrogens with zero attached hydrogens (tertiary/aromatic N) is 3. The molecule has 0 fully saturated rings. The molecule has 0 aliphatic carbocycles. The summed E-state index contributed by atoms with van der Waals surface area (Å²) in [5, 5.41) is 3.26. The van der Waals surface area contributed by atoms with E-state index in [2.05, 4.69) is 19.9 Å². The number of hydrogen-bond donors (Lipinski definition) is 1. The van der Waals surface area contributed by atoms with Crippen LogP contribution in [0.4, 0.5) is 5.95 Å². The van der Waals surface area contributed by atoms with Gasteiger partial charge in [0.15, 0.2) is 0 Å². The summed E-state index contributed by atoms with van der Waals surface area (Å²) < 4.78 is 7.11. The van der Waals surface area contributed by atoms with E-state index in [4.69, 9.17) is 4.42 Å². The van der Waals surface area contributed by atoms with Gasteiger partial charge in [-0.3, -0.25) is 4.98 Å². The van der Waals surface area contributed by atoms with E-state index in [0.29, 0.717) is 0 Å². The average Bonchev–Trinajstić information content (AvgIpc) is 3.09. The monoisotopic (exact) mass is 294 g/mol. The van der Waals surface area contributed by atoms with Crippen LogP contribution in [0.5, 0.6) is 0 Å². The quantitative estimate of drug-likeness (QED) is 0.785. The van der Waals surface area contributed by atoms with Crippen LogP contribution in [0.25, 0.3) is 22.6 Å². The number of anilines is 1. The molecule has 1 aliphatic heterocycles. The molecule has 22 heavy (non-hydrogen) atoms. The van der Waals surface area contributed by atoms with Gasteiger partial charge in [-0.15, -0.1) is 0 Å². The maximum Gasteiger partial charge on any atom is 0.335 e. The standard InChI is InChI=1S/C16H14N4O2/c1-10-3-2-4-12(18-10)14-15(11-5-6-13(21)22-9-11)20-8-7-17-16(20)19-14/h2-6,9H,7-8H2,1H3,(H,17,19). The highest BCUT2D eigenvalue weighted by molar-refractivity contribution is 5.79. The first-order chi connectivity index (χ1) is 10.7. The van der Waals surface area contributed by atoms with E-state index in [0.717, 1.165) is 47.4 Å². The Morgan fingerprint density at radius 3 is 2.91 bits per heavy atom. The highest BCUT2D eigenvalue weighted by atomic mass is 16.4. The van der Waals surface area contributed by atoms with Gasteiger partial charge in [-0.2, -0.15) is 0 Å². The van der Waals surface area contributed by atoms with Crippen molar-refractivity contribution in [3.8, 4) is 22.6 Å². The number of fused-ring (bicyclic) bond motifs is 1. The maximum atomic E-state index is 11.2. The van der Waals surface area contributed by atoms with Gasteiger partial charge in [0.25, 0.3) is 0 Å². The molecule has 6 nitrogen and oxygen atoms in total. The molecule has 0 aromatic carbocycles. The third-order valence-electron chi connectivity index (χ3n) is 3.69. The number of aromatic nitrogens is 3. The van der Waals surface area contributed by atoms with Gasteiger partial charge in [0.05, 0.1) is 11.4 Å². The molecule has 4 heterocycles. The Morgan fingerprint density at radius 2 is 2.14 bits per heavy atom. The predicted octanol–water partition coefficient (Wildman–Crippen LogP) is 2.30. The third kappa shape index (κ3) is 2.00. The van der Waals surface area contributed by atoms with Gasteiger partial charge in [-0.1, -0.05) is 6.07 Å². The second kappa shape index (κ2) is 4.84. The van der Waals surface area contributed by atoms with Gasteiger partial charge >= 0.3 is 5.63 Å². The molecule has 0 spiro atoms. The summed E-state index contributed by atoms with van der Waals surface area (Å²) in [6.45, 7) is 3.61. The number of hydrogen-bond acceptors (Lipinski definition) is 5. The summed E-state index contributed by atoms with van der Waals surface area (Å²) in [7, 11) is 0. The molecule has 3 aromatic heterocycles. The molecule has 0 unspecified atom stereocenters. The average molecular weight is 294 g/mol. The Hall–Kier alpha value is -2.89. The number of rotatable bonds is 2. The van der Waals surface area contributed by atoms with E-state index in [1.807, 2.05) is 25.1 Å². The Labute approximate surface area is 126 Å². The number of nitrogens with one attached hydrogen (secondary N) is 1. The second-order valence-electron chi connectivity index (χ2n) is 5.22. The molecule has 1 aliphatic rings. The molecule has 4 rings (SSSR count). The van der Waals surface area contributed by atoms with Gasteiger partial charge in [-0.05, 0) is 25.1 Å². The third-order valence-corrected chi connectivity index (χ3v) is 3.69. The van der Waals surface area contributed by atoms with E-state index in [1.165, 1.54) is 12.3 Å². The molecule has 0 amide bonds. The number of imidazole rings is 1. The SMILES string of the molecule is Cc1cccc(-c2nc3n(c2-c2ccc(=O)oc2)CCN3)n1. The predicted molar refractivity (Wildman–Crippen MR) is 82.7 cm³/mol. The zero-order valence-corrected chi connectivity index (χ0v) is 12.0. The van der Waals surface area contributed by atoms with Crippen LogP contribution >= 0.6 is 0 Å². The van der Waals surface area contributed by atoms with Crippen molar-refractivity contribution in [2.75, 3.05) is 11.9 Å². The van der Waals surface area contributed by atoms with Gasteiger partial charge in [0.2, 0.25) is 5.95 Å². The summed E-state index contributed by atoms with van der Waals surface area (Å²) in [6.07, 6.45) is 1.48. The highest BCUT2D eigenvalue weighted by Gasteiger charge is 2.24. The molecule has 0 saturated carbocycles. The topological polar surface area (TPSA) is 73.0 Å². The summed E-state index contributed by atoms with van der Waals surface area (Å²) in [5.41, 5.74) is 3.91. The highest BCUT2D eigenvalue weighted by Crippen LogP contribution is 2.35. The normalized spacial score (nSPS) is 13.0. The largest absolute Gasteiger partial charge is 0.431 e. The Kier molecular flexibility index (Phi) is 2.82. The molecular weight excluding hydrogens is 280 g/mol. The fourth-order valence-electron chi connectivity index (χ4n) is 2.72. The van der Waals surface area contributed by atoms with Crippen molar-refractivity contribution >= 4 is 5.95 Å². The minimum Gasteiger partial charge on any atom is -0.431 e. The number of pyridine rings is 1. The van der Waals surface area contributed by atoms with Crippen LogP contribution in [0, 0.1) is 6.92 Å². The van der Waals surface area contributed by atoms with Gasteiger partial charge in [0, 0.05) is 30.4 Å². The number of aryl methyl sites for hydroxylation is 1. The molecule has 0 bridgehead atoms. The second-order valence-corrected chi connectivity index (χ2v) is 5.22. The van der Waals surface area contributed by atoms with Crippen LogP contribution in [0.1, 0.15) is 5.69 Å². The van der Waals surface area contributed by atoms with Gasteiger partial charge in [-0.25, -0.2) is 9.78 Å². The van der Waals surface area contributed by atoms with Crippen molar-refractivity contribution in [3.63, 3.8) is 0 Å². The lowest BCUT2D eigenvalue weighted by Crippen LogP contribution is -2.01. The maximum absolute atomic E-state index is 11.2. The van der Waals surface area contributed by atoms with Crippen LogP contribution < -0.4 is 10.9 Å². The molecule has 3 aromatic rings. The fraction of sp³-hybridized carbons (Fsp3) is 0.188. The van der Waals surface area contributed by atoms with E-state index in [9.17, 15) is 4.79 Å². The van der Waals surface area contributed by atoms with Crippen LogP contribution in [0.2, 0.25) is 0 Å². The fourth-order valence-corrected chi connectivity index (χ4v) is 2.72. The first-order valence-corrected chi connectivity index (χ1v) is 7.10. The van der Waals surface area contributed by atoms with Gasteiger partial charge < -0.3 is 14.3 Å². The van der Waals surface area contributed by atoms with Crippen molar-refractivity contribution in [1.29, 1.82) is 0 Å². The minimum atomic E-state index is -0.363. The first-order valence-electron chi connectivity index (χ1n) is 7.10. The molecule has 0 atom stereocenters. The molecule has 110 valence electrons. The molecular formula is C16H14N4O2. The Morgan fingerprint density at radius 1 is 1.23 bits per heavy atom. The lowest BCUT2D eigenvalue weighted by molar-refractivity contribution is 0.512. The van der Waals surface area contributed by atoms with E-state index < -0.39 is 0 Å². The van der Waals surface area contributed by atoms with Gasteiger partial charge in [0.1, 0.15) is 12.0 Å². The van der Waals surface area contributed by atoms with Crippen LogP contribution in [-0.4, -0.2) is 21.1 Å². The lowest BCUT2D eigenvalue weighted by Gasteiger charge is -2.07. The Bertz CT molecular complexity index is 890. The summed E-state index contributed by atoms with van der Waals surface area (Å²) in [4.78, 5) is 20.4. The summed E-state index contributed by atoms with van der Waals surface area (Å²) in [5.74, 6) is 0.819. The van der Waals surface area contributed by atoms with Crippen molar-refractivity contribution in [1.82, 2.24) is 14.5 Å². The van der Waals surface area contributed by atoms with Crippen molar-refractivity contribution < 1.29 is 4.42 Å². The van der Waals surface area contributed by atoms with E-state index >= 15 is 0 Å². The van der Waals surface area contributed by atoms with Crippen molar-refractivity contribution in [2.24, 2.45) is 0 Å². The van der Waals surface area contributed by atoms with Crippen molar-refractivity contribution in [3.05, 3.63) is 52.7 Å². The smallest absolute Gasteiger partial charge is 0.335 e.